The van der Waals surface area contributed by atoms with Gasteiger partial charge in [-0.25, -0.2) is 14.8 Å². The van der Waals surface area contributed by atoms with Gasteiger partial charge in [0.15, 0.2) is 17.2 Å². The van der Waals surface area contributed by atoms with Crippen LogP contribution in [0.4, 0.5) is 5.82 Å². The molecule has 8 heteroatoms. The topological polar surface area (TPSA) is 93.6 Å². The number of aromatic nitrogens is 2. The zero-order valence-electron chi connectivity index (χ0n) is 12.7. The lowest BCUT2D eigenvalue weighted by atomic mass is 10.1. The van der Waals surface area contributed by atoms with E-state index in [-0.39, 0.29) is 5.69 Å². The van der Waals surface area contributed by atoms with Crippen LogP contribution in [0, 0.1) is 0 Å². The lowest BCUT2D eigenvalue weighted by Gasteiger charge is -2.13. The molecule has 1 aromatic heterocycles. The lowest BCUT2D eigenvalue weighted by Crippen LogP contribution is -2.09. The number of methoxy groups -OCH3 is 2. The number of nitrogens with zero attached hydrogens (tertiary/aromatic N) is 2. The Morgan fingerprint density at radius 1 is 1.26 bits per heavy atom. The highest BCUT2D eigenvalue weighted by Crippen LogP contribution is 2.37. The Labute approximate surface area is 138 Å². The average molecular weight is 338 g/mol. The van der Waals surface area contributed by atoms with Gasteiger partial charge >= 0.3 is 5.97 Å². The third-order valence-corrected chi connectivity index (χ3v) is 3.55. The molecule has 0 spiro atoms. The fourth-order valence-corrected chi connectivity index (χ4v) is 2.31. The first-order valence-corrected chi connectivity index (χ1v) is 7.13. The first kappa shape index (κ1) is 16.8. The molecule has 2 rings (SSSR count). The van der Waals surface area contributed by atoms with E-state index in [4.69, 9.17) is 26.2 Å². The van der Waals surface area contributed by atoms with E-state index in [9.17, 15) is 4.79 Å². The third-order valence-electron chi connectivity index (χ3n) is 3.14. The molecule has 0 radical (unpaired) electrons. The zero-order valence-corrected chi connectivity index (χ0v) is 13.4. The number of hydrogen-bond donors (Lipinski definition) is 2. The van der Waals surface area contributed by atoms with Crippen LogP contribution in [0.15, 0.2) is 24.5 Å². The number of halogens is 1. The highest BCUT2D eigenvalue weighted by Gasteiger charge is 2.13. The molecule has 23 heavy (non-hydrogen) atoms. The second-order valence-electron chi connectivity index (χ2n) is 4.54. The molecule has 122 valence electrons. The Morgan fingerprint density at radius 2 is 2.04 bits per heavy atom. The number of aromatic carboxylic acids is 1. The maximum absolute atomic E-state index is 10.7. The predicted octanol–water partition coefficient (Wildman–Crippen LogP) is 2.50. The normalized spacial score (nSPS) is 10.2. The number of hydrogen-bond acceptors (Lipinski definition) is 6. The summed E-state index contributed by atoms with van der Waals surface area (Å²) in [6.45, 7) is 0.552. The number of nitrogens with one attached hydrogen (secondary N) is 1. The van der Waals surface area contributed by atoms with Crippen molar-refractivity contribution in [1.82, 2.24) is 9.97 Å². The van der Waals surface area contributed by atoms with Crippen LogP contribution in [-0.4, -0.2) is 41.8 Å². The van der Waals surface area contributed by atoms with Gasteiger partial charge < -0.3 is 19.9 Å². The SMILES string of the molecule is COc1ccc(CCNc2cnc(C(=O)O)cn2)c(Cl)c1OC. The largest absolute Gasteiger partial charge is 0.493 e. The monoisotopic (exact) mass is 337 g/mol. The second kappa shape index (κ2) is 7.64. The first-order chi connectivity index (χ1) is 11.1. The van der Waals surface area contributed by atoms with Gasteiger partial charge in [-0.2, -0.15) is 0 Å². The van der Waals surface area contributed by atoms with Gasteiger partial charge in [0.1, 0.15) is 5.82 Å². The molecule has 0 amide bonds. The maximum atomic E-state index is 10.7. The number of carboxylic acids is 1. The number of ether oxygens (including phenoxy) is 2. The molecule has 2 N–H and O–H groups in total. The maximum Gasteiger partial charge on any atom is 0.356 e. The van der Waals surface area contributed by atoms with Crippen molar-refractivity contribution in [2.24, 2.45) is 0 Å². The van der Waals surface area contributed by atoms with Crippen LogP contribution in [0.3, 0.4) is 0 Å². The minimum absolute atomic E-state index is 0.0986. The lowest BCUT2D eigenvalue weighted by molar-refractivity contribution is 0.0690. The Balaban J connectivity index is 2.00. The van der Waals surface area contributed by atoms with Crippen molar-refractivity contribution < 1.29 is 19.4 Å². The smallest absolute Gasteiger partial charge is 0.356 e. The van der Waals surface area contributed by atoms with Gasteiger partial charge in [0.2, 0.25) is 0 Å². The van der Waals surface area contributed by atoms with Gasteiger partial charge in [0.05, 0.1) is 31.6 Å². The van der Waals surface area contributed by atoms with Gasteiger partial charge in [-0.1, -0.05) is 17.7 Å². The van der Waals surface area contributed by atoms with Crippen molar-refractivity contribution >= 4 is 23.4 Å². The van der Waals surface area contributed by atoms with E-state index in [1.54, 1.807) is 13.2 Å². The molecule has 0 aliphatic rings. The van der Waals surface area contributed by atoms with Gasteiger partial charge in [-0.05, 0) is 18.1 Å². The molecule has 0 aliphatic carbocycles. The number of carbonyl (C=O) groups is 1. The summed E-state index contributed by atoms with van der Waals surface area (Å²) in [5, 5.41) is 12.3. The molecule has 0 atom stereocenters. The number of benzene rings is 1. The van der Waals surface area contributed by atoms with E-state index in [0.717, 1.165) is 5.56 Å². The Bertz CT molecular complexity index is 692. The van der Waals surface area contributed by atoms with Crippen molar-refractivity contribution in [3.8, 4) is 11.5 Å². The average Bonchev–Trinajstić information content (AvgIpc) is 2.56. The summed E-state index contributed by atoms with van der Waals surface area (Å²) < 4.78 is 10.4. The summed E-state index contributed by atoms with van der Waals surface area (Å²) in [5.74, 6) is 0.453. The Morgan fingerprint density at radius 3 is 2.61 bits per heavy atom. The molecule has 2 aromatic rings. The van der Waals surface area contributed by atoms with Crippen LogP contribution >= 0.6 is 11.6 Å². The summed E-state index contributed by atoms with van der Waals surface area (Å²) in [4.78, 5) is 18.5. The van der Waals surface area contributed by atoms with Gasteiger partial charge in [0.25, 0.3) is 0 Å². The molecular weight excluding hydrogens is 322 g/mol. The summed E-state index contributed by atoms with van der Waals surface area (Å²) in [5.41, 5.74) is 0.797. The molecule has 0 fully saturated rings. The van der Waals surface area contributed by atoms with Crippen LogP contribution in [0.2, 0.25) is 5.02 Å². The molecular formula is C15H16ClN3O4. The predicted molar refractivity (Wildman–Crippen MR) is 85.7 cm³/mol. The molecule has 0 unspecified atom stereocenters. The third kappa shape index (κ3) is 4.01. The van der Waals surface area contributed by atoms with Crippen molar-refractivity contribution in [3.05, 3.63) is 40.8 Å². The molecule has 0 saturated carbocycles. The van der Waals surface area contributed by atoms with E-state index in [0.29, 0.717) is 35.3 Å². The van der Waals surface area contributed by atoms with Gasteiger partial charge in [-0.3, -0.25) is 0 Å². The van der Waals surface area contributed by atoms with Crippen molar-refractivity contribution in [3.63, 3.8) is 0 Å². The zero-order chi connectivity index (χ0) is 16.8. The molecule has 0 saturated heterocycles. The van der Waals surface area contributed by atoms with Crippen LogP contribution in [0.5, 0.6) is 11.5 Å². The summed E-state index contributed by atoms with van der Waals surface area (Å²) in [7, 11) is 3.08. The molecule has 0 bridgehead atoms. The van der Waals surface area contributed by atoms with Crippen LogP contribution < -0.4 is 14.8 Å². The number of carboxylic acid groups (broad SMARTS) is 1. The molecule has 1 heterocycles. The van der Waals surface area contributed by atoms with Crippen molar-refractivity contribution in [1.29, 1.82) is 0 Å². The molecule has 0 aliphatic heterocycles. The summed E-state index contributed by atoms with van der Waals surface area (Å²) in [6.07, 6.45) is 3.20. The minimum Gasteiger partial charge on any atom is -0.493 e. The fraction of sp³-hybridized carbons (Fsp3) is 0.267. The summed E-state index contributed by atoms with van der Waals surface area (Å²) >= 11 is 6.30. The highest BCUT2D eigenvalue weighted by atomic mass is 35.5. The fourth-order valence-electron chi connectivity index (χ4n) is 1.98. The van der Waals surface area contributed by atoms with Crippen LogP contribution in [0.25, 0.3) is 0 Å². The van der Waals surface area contributed by atoms with E-state index >= 15 is 0 Å². The number of rotatable bonds is 7. The van der Waals surface area contributed by atoms with E-state index < -0.39 is 5.97 Å². The molecule has 1 aromatic carbocycles. The number of anilines is 1. The molecule has 7 nitrogen and oxygen atoms in total. The van der Waals surface area contributed by atoms with Gasteiger partial charge in [0, 0.05) is 6.54 Å². The Kier molecular flexibility index (Phi) is 5.59. The minimum atomic E-state index is -1.11. The van der Waals surface area contributed by atoms with Crippen molar-refractivity contribution in [2.45, 2.75) is 6.42 Å². The van der Waals surface area contributed by atoms with Gasteiger partial charge in [-0.15, -0.1) is 0 Å². The van der Waals surface area contributed by atoms with Crippen LogP contribution in [-0.2, 0) is 6.42 Å². The summed E-state index contributed by atoms with van der Waals surface area (Å²) in [6, 6.07) is 3.66. The van der Waals surface area contributed by atoms with E-state index in [2.05, 4.69) is 15.3 Å². The van der Waals surface area contributed by atoms with E-state index in [1.165, 1.54) is 19.5 Å². The first-order valence-electron chi connectivity index (χ1n) is 6.75. The Hall–Kier alpha value is -2.54. The van der Waals surface area contributed by atoms with E-state index in [1.807, 2.05) is 6.07 Å². The van der Waals surface area contributed by atoms with Crippen LogP contribution in [0.1, 0.15) is 16.1 Å². The highest BCUT2D eigenvalue weighted by molar-refractivity contribution is 6.33. The van der Waals surface area contributed by atoms with Crippen molar-refractivity contribution in [2.75, 3.05) is 26.1 Å². The second-order valence-corrected chi connectivity index (χ2v) is 4.92. The quantitative estimate of drug-likeness (QED) is 0.801. The standard InChI is InChI=1S/C15H16ClN3O4/c1-22-11-4-3-9(13(16)14(11)23-2)5-6-17-12-8-18-10(7-19-12)15(20)21/h3-4,7-8H,5-6H2,1-2H3,(H,17,19)(H,20,21).